The van der Waals surface area contributed by atoms with Crippen LogP contribution in [-0.2, 0) is 19.9 Å². The van der Waals surface area contributed by atoms with Gasteiger partial charge in [0.25, 0.3) is 0 Å². The third kappa shape index (κ3) is 7.90. The van der Waals surface area contributed by atoms with Crippen molar-refractivity contribution in [1.82, 2.24) is 10.6 Å². The molecule has 198 valence electrons. The Bertz CT molecular complexity index is 1140. The second-order valence-electron chi connectivity index (χ2n) is 10.2. The number of benzene rings is 3. The number of rotatable bonds is 10. The van der Waals surface area contributed by atoms with E-state index < -0.39 is 23.3 Å². The van der Waals surface area contributed by atoms with E-state index in [4.69, 9.17) is 4.74 Å². The third-order valence-corrected chi connectivity index (χ3v) is 5.90. The largest absolute Gasteiger partial charge is 0.444 e. The summed E-state index contributed by atoms with van der Waals surface area (Å²) in [6.07, 6.45) is 2.77. The first kappa shape index (κ1) is 28.4. The molecule has 2 N–H and O–H groups in total. The van der Waals surface area contributed by atoms with E-state index in [1.54, 1.807) is 26.8 Å². The van der Waals surface area contributed by atoms with Gasteiger partial charge in [0.2, 0.25) is 5.91 Å². The fourth-order valence-corrected chi connectivity index (χ4v) is 4.27. The first-order valence-electron chi connectivity index (χ1n) is 12.8. The minimum absolute atomic E-state index is 0.108. The van der Waals surface area contributed by atoms with E-state index >= 15 is 0 Å². The summed E-state index contributed by atoms with van der Waals surface area (Å²) in [4.78, 5) is 37.5. The molecule has 0 unspecified atom stereocenters. The molecule has 0 fully saturated rings. The van der Waals surface area contributed by atoms with Gasteiger partial charge in [0.15, 0.2) is 5.78 Å². The Kier molecular flexibility index (Phi) is 9.61. The van der Waals surface area contributed by atoms with Gasteiger partial charge in [-0.15, -0.1) is 0 Å². The minimum Gasteiger partial charge on any atom is -0.444 e. The highest BCUT2D eigenvalue weighted by Crippen LogP contribution is 2.36. The molecule has 6 heteroatoms. The lowest BCUT2D eigenvalue weighted by Crippen LogP contribution is -2.48. The van der Waals surface area contributed by atoms with Crippen molar-refractivity contribution in [2.24, 2.45) is 0 Å². The van der Waals surface area contributed by atoms with Gasteiger partial charge < -0.3 is 15.4 Å². The number of ether oxygens (including phenoxy) is 1. The Morgan fingerprint density at radius 2 is 1.24 bits per heavy atom. The van der Waals surface area contributed by atoms with E-state index in [0.29, 0.717) is 0 Å². The maximum Gasteiger partial charge on any atom is 0.408 e. The zero-order valence-corrected chi connectivity index (χ0v) is 22.4. The average molecular weight is 513 g/mol. The number of nitrogens with one attached hydrogen (secondary N) is 2. The number of hydrogen-bond donors (Lipinski definition) is 2. The zero-order valence-electron chi connectivity index (χ0n) is 22.4. The van der Waals surface area contributed by atoms with Crippen molar-refractivity contribution in [3.8, 4) is 0 Å². The maximum atomic E-state index is 13.6. The molecule has 0 aliphatic carbocycles. The van der Waals surface area contributed by atoms with Crippen LogP contribution in [0, 0.1) is 0 Å². The van der Waals surface area contributed by atoms with Crippen LogP contribution in [0.3, 0.4) is 0 Å². The molecular formula is C32H36N2O4. The van der Waals surface area contributed by atoms with Gasteiger partial charge in [0.1, 0.15) is 11.1 Å². The van der Waals surface area contributed by atoms with Gasteiger partial charge in [-0.05, 0) is 56.9 Å². The smallest absolute Gasteiger partial charge is 0.408 e. The van der Waals surface area contributed by atoms with Gasteiger partial charge in [0.05, 0.1) is 6.04 Å². The molecular weight excluding hydrogens is 476 g/mol. The molecule has 3 aromatic carbocycles. The van der Waals surface area contributed by atoms with Crippen LogP contribution in [0.15, 0.2) is 103 Å². The van der Waals surface area contributed by atoms with E-state index in [1.165, 1.54) is 13.0 Å². The molecule has 0 aromatic heterocycles. The first-order valence-corrected chi connectivity index (χ1v) is 12.8. The molecule has 3 rings (SSSR count). The molecule has 0 radical (unpaired) electrons. The number of carbonyl (C=O) groups is 3. The van der Waals surface area contributed by atoms with Gasteiger partial charge in [-0.2, -0.15) is 0 Å². The molecule has 0 bridgehead atoms. The van der Waals surface area contributed by atoms with E-state index in [0.717, 1.165) is 16.7 Å². The Balaban J connectivity index is 1.91. The molecule has 0 aliphatic rings. The van der Waals surface area contributed by atoms with Gasteiger partial charge in [-0.1, -0.05) is 97.1 Å². The van der Waals surface area contributed by atoms with Crippen molar-refractivity contribution in [1.29, 1.82) is 0 Å². The Hall–Kier alpha value is -4.19. The molecule has 3 aromatic rings. The van der Waals surface area contributed by atoms with Crippen molar-refractivity contribution in [2.45, 2.75) is 57.7 Å². The number of amides is 2. The van der Waals surface area contributed by atoms with Crippen LogP contribution in [0.4, 0.5) is 4.79 Å². The summed E-state index contributed by atoms with van der Waals surface area (Å²) < 4.78 is 5.37. The van der Waals surface area contributed by atoms with Crippen LogP contribution >= 0.6 is 0 Å². The fourth-order valence-electron chi connectivity index (χ4n) is 4.27. The molecule has 38 heavy (non-hydrogen) atoms. The van der Waals surface area contributed by atoms with Gasteiger partial charge in [-0.25, -0.2) is 4.79 Å². The highest BCUT2D eigenvalue weighted by atomic mass is 16.6. The number of hydrogen-bond acceptors (Lipinski definition) is 4. The zero-order chi connectivity index (χ0) is 27.6. The summed E-state index contributed by atoms with van der Waals surface area (Å²) in [5.41, 5.74) is 1.17. The lowest BCUT2D eigenvalue weighted by molar-refractivity contribution is -0.122. The van der Waals surface area contributed by atoms with Crippen LogP contribution in [0.25, 0.3) is 0 Å². The highest BCUT2D eigenvalue weighted by molar-refractivity contribution is 5.87. The Labute approximate surface area is 225 Å². The van der Waals surface area contributed by atoms with E-state index in [1.807, 2.05) is 91.0 Å². The number of carbonyl (C=O) groups excluding carboxylic acids is 3. The van der Waals surface area contributed by atoms with E-state index in [9.17, 15) is 14.4 Å². The predicted molar refractivity (Wildman–Crippen MR) is 150 cm³/mol. The van der Waals surface area contributed by atoms with Gasteiger partial charge >= 0.3 is 6.09 Å². The average Bonchev–Trinajstić information content (AvgIpc) is 2.89. The number of allylic oxidation sites excluding steroid dienone is 1. The second kappa shape index (κ2) is 12.9. The lowest BCUT2D eigenvalue weighted by atomic mass is 9.77. The van der Waals surface area contributed by atoms with Crippen molar-refractivity contribution in [2.75, 3.05) is 0 Å². The summed E-state index contributed by atoms with van der Waals surface area (Å²) in [5, 5.41) is 6.08. The fraction of sp³-hybridized carbons (Fsp3) is 0.281. The van der Waals surface area contributed by atoms with Crippen LogP contribution < -0.4 is 10.6 Å². The SMILES string of the molecule is CC(=O)/C=C/[C@H](CCC(=O)NC(c1ccccc1)(c1ccccc1)c1ccccc1)NC(=O)OC(C)(C)C. The molecule has 0 saturated heterocycles. The van der Waals surface area contributed by atoms with Crippen molar-refractivity contribution >= 4 is 17.8 Å². The second-order valence-corrected chi connectivity index (χ2v) is 10.2. The van der Waals surface area contributed by atoms with Crippen LogP contribution in [0.1, 0.15) is 57.2 Å². The molecule has 0 saturated carbocycles. The summed E-state index contributed by atoms with van der Waals surface area (Å²) in [5.74, 6) is -0.351. The summed E-state index contributed by atoms with van der Waals surface area (Å²) in [7, 11) is 0. The summed E-state index contributed by atoms with van der Waals surface area (Å²) in [6.45, 7) is 6.76. The van der Waals surface area contributed by atoms with Crippen molar-refractivity contribution in [3.63, 3.8) is 0 Å². The van der Waals surface area contributed by atoms with Gasteiger partial charge in [-0.3, -0.25) is 9.59 Å². The maximum absolute atomic E-state index is 13.6. The standard InChI is InChI=1S/C32H36N2O4/c1-24(35)20-21-28(33-30(37)38-31(2,3)4)22-23-29(36)34-32(25-14-8-5-9-15-25,26-16-10-6-11-17-26)27-18-12-7-13-19-27/h5-21,28H,22-23H2,1-4H3,(H,33,37)(H,34,36)/b21-20+/t28-/m1/s1. The molecule has 0 aliphatic heterocycles. The van der Waals surface area contributed by atoms with E-state index in [-0.39, 0.29) is 24.5 Å². The van der Waals surface area contributed by atoms with Crippen molar-refractivity contribution in [3.05, 3.63) is 120 Å². The first-order chi connectivity index (χ1) is 18.1. The van der Waals surface area contributed by atoms with Gasteiger partial charge in [0, 0.05) is 6.42 Å². The molecule has 6 nitrogen and oxygen atoms in total. The van der Waals surface area contributed by atoms with Crippen LogP contribution in [-0.4, -0.2) is 29.4 Å². The Morgan fingerprint density at radius 1 is 0.789 bits per heavy atom. The molecule has 2 amide bonds. The quantitative estimate of drug-likeness (QED) is 0.261. The lowest BCUT2D eigenvalue weighted by Gasteiger charge is -2.37. The normalized spacial score (nSPS) is 12.5. The number of alkyl carbamates (subject to hydrolysis) is 1. The van der Waals surface area contributed by atoms with Crippen LogP contribution in [0.2, 0.25) is 0 Å². The topological polar surface area (TPSA) is 84.5 Å². The monoisotopic (exact) mass is 512 g/mol. The predicted octanol–water partition coefficient (Wildman–Crippen LogP) is 5.91. The molecule has 0 spiro atoms. The highest BCUT2D eigenvalue weighted by Gasteiger charge is 2.37. The number of ketones is 1. The Morgan fingerprint density at radius 3 is 1.63 bits per heavy atom. The molecule has 1 atom stereocenters. The summed E-state index contributed by atoms with van der Waals surface area (Å²) >= 11 is 0. The van der Waals surface area contributed by atoms with E-state index in [2.05, 4.69) is 10.6 Å². The summed E-state index contributed by atoms with van der Waals surface area (Å²) in [6, 6.07) is 29.0. The minimum atomic E-state index is -0.926. The molecule has 0 heterocycles. The van der Waals surface area contributed by atoms with Crippen molar-refractivity contribution < 1.29 is 19.1 Å². The van der Waals surface area contributed by atoms with Crippen LogP contribution in [0.5, 0.6) is 0 Å². The third-order valence-electron chi connectivity index (χ3n) is 5.90.